The molecule has 1 aliphatic rings. The van der Waals surface area contributed by atoms with Crippen LogP contribution in [-0.2, 0) is 9.59 Å². The quantitative estimate of drug-likeness (QED) is 0.834. The van der Waals surface area contributed by atoms with E-state index in [1.165, 1.54) is 0 Å². The summed E-state index contributed by atoms with van der Waals surface area (Å²) in [5.41, 5.74) is 0. The van der Waals surface area contributed by atoms with E-state index < -0.39 is 5.97 Å². The van der Waals surface area contributed by atoms with Gasteiger partial charge in [0.15, 0.2) is 0 Å². The molecule has 0 bridgehead atoms. The third-order valence-electron chi connectivity index (χ3n) is 3.13. The molecule has 7 heteroatoms. The van der Waals surface area contributed by atoms with E-state index in [0.29, 0.717) is 18.8 Å². The molecule has 2 rings (SSSR count). The SMILES string of the molecule is O=C(O)CN1CCCN(C(=O)CSc2cccs2)CC1. The van der Waals surface area contributed by atoms with Crippen LogP contribution in [0.25, 0.3) is 0 Å². The Labute approximate surface area is 126 Å². The van der Waals surface area contributed by atoms with Crippen molar-refractivity contribution in [2.75, 3.05) is 38.5 Å². The summed E-state index contributed by atoms with van der Waals surface area (Å²) in [5.74, 6) is -0.210. The van der Waals surface area contributed by atoms with E-state index in [2.05, 4.69) is 0 Å². The number of carbonyl (C=O) groups is 2. The van der Waals surface area contributed by atoms with E-state index in [0.717, 1.165) is 23.7 Å². The number of nitrogens with zero attached hydrogens (tertiary/aromatic N) is 2. The first kappa shape index (κ1) is 15.3. The summed E-state index contributed by atoms with van der Waals surface area (Å²) in [6, 6.07) is 3.99. The zero-order chi connectivity index (χ0) is 14.4. The van der Waals surface area contributed by atoms with Crippen molar-refractivity contribution in [1.82, 2.24) is 9.80 Å². The van der Waals surface area contributed by atoms with Crippen molar-refractivity contribution in [2.24, 2.45) is 0 Å². The molecule has 0 unspecified atom stereocenters. The van der Waals surface area contributed by atoms with Crippen LogP contribution in [-0.4, -0.2) is 65.3 Å². The van der Waals surface area contributed by atoms with E-state index in [1.54, 1.807) is 23.1 Å². The minimum Gasteiger partial charge on any atom is -0.480 e. The van der Waals surface area contributed by atoms with Crippen LogP contribution >= 0.6 is 23.1 Å². The number of carbonyl (C=O) groups excluding carboxylic acids is 1. The summed E-state index contributed by atoms with van der Waals surface area (Å²) in [6.45, 7) is 2.79. The molecule has 1 N–H and O–H groups in total. The lowest BCUT2D eigenvalue weighted by Gasteiger charge is -2.20. The van der Waals surface area contributed by atoms with Crippen molar-refractivity contribution in [3.8, 4) is 0 Å². The predicted molar refractivity (Wildman–Crippen MR) is 80.3 cm³/mol. The molecule has 0 spiro atoms. The van der Waals surface area contributed by atoms with Crippen molar-refractivity contribution in [1.29, 1.82) is 0 Å². The molecule has 1 aromatic rings. The number of hydrogen-bond acceptors (Lipinski definition) is 5. The van der Waals surface area contributed by atoms with E-state index in [9.17, 15) is 9.59 Å². The molecule has 1 amide bonds. The number of carboxylic acid groups (broad SMARTS) is 1. The Morgan fingerprint density at radius 1 is 1.30 bits per heavy atom. The topological polar surface area (TPSA) is 60.9 Å². The molecule has 0 aromatic carbocycles. The molecule has 2 heterocycles. The van der Waals surface area contributed by atoms with Gasteiger partial charge in [0.1, 0.15) is 0 Å². The molecule has 0 radical (unpaired) electrons. The minimum absolute atomic E-state index is 0.0615. The van der Waals surface area contributed by atoms with E-state index in [-0.39, 0.29) is 12.5 Å². The van der Waals surface area contributed by atoms with Crippen LogP contribution in [0.4, 0.5) is 0 Å². The average Bonchev–Trinajstić information content (AvgIpc) is 2.82. The Bertz CT molecular complexity index is 450. The summed E-state index contributed by atoms with van der Waals surface area (Å²) in [6.07, 6.45) is 0.836. The van der Waals surface area contributed by atoms with Gasteiger partial charge in [-0.3, -0.25) is 14.5 Å². The lowest BCUT2D eigenvalue weighted by Crippen LogP contribution is -2.37. The first-order valence-electron chi connectivity index (χ1n) is 6.53. The molecule has 1 fully saturated rings. The van der Waals surface area contributed by atoms with Crippen LogP contribution in [0.5, 0.6) is 0 Å². The van der Waals surface area contributed by atoms with Crippen LogP contribution in [0.15, 0.2) is 21.7 Å². The molecular formula is C13H18N2O3S2. The van der Waals surface area contributed by atoms with Crippen LogP contribution in [0, 0.1) is 0 Å². The first-order valence-corrected chi connectivity index (χ1v) is 8.40. The summed E-state index contributed by atoms with van der Waals surface area (Å²) < 4.78 is 1.15. The Hall–Kier alpha value is -1.05. The molecule has 0 saturated carbocycles. The first-order chi connectivity index (χ1) is 9.65. The number of thiophene rings is 1. The number of thioether (sulfide) groups is 1. The number of carboxylic acids is 1. The lowest BCUT2D eigenvalue weighted by molar-refractivity contribution is -0.138. The zero-order valence-corrected chi connectivity index (χ0v) is 12.8. The maximum absolute atomic E-state index is 12.1. The highest BCUT2D eigenvalue weighted by molar-refractivity contribution is 8.01. The Kier molecular flexibility index (Phi) is 5.87. The average molecular weight is 314 g/mol. The van der Waals surface area contributed by atoms with Gasteiger partial charge in [-0.05, 0) is 17.9 Å². The fourth-order valence-corrected chi connectivity index (χ4v) is 3.83. The third-order valence-corrected chi connectivity index (χ3v) is 5.25. The standard InChI is InChI=1S/C13H18N2O3S2/c16-11(10-20-13-3-1-8-19-13)15-5-2-4-14(6-7-15)9-12(17)18/h1,3,8H,2,4-7,9-10H2,(H,17,18). The predicted octanol–water partition coefficient (Wildman–Crippen LogP) is 1.46. The maximum atomic E-state index is 12.1. The van der Waals surface area contributed by atoms with Crippen LogP contribution in [0.2, 0.25) is 0 Å². The van der Waals surface area contributed by atoms with E-state index in [1.807, 2.05) is 27.3 Å². The minimum atomic E-state index is -0.807. The number of aliphatic carboxylic acids is 1. The highest BCUT2D eigenvalue weighted by Gasteiger charge is 2.20. The fourth-order valence-electron chi connectivity index (χ4n) is 2.14. The van der Waals surface area contributed by atoms with Gasteiger partial charge in [0, 0.05) is 26.2 Å². The number of amides is 1. The van der Waals surface area contributed by atoms with Crippen molar-refractivity contribution in [3.05, 3.63) is 17.5 Å². The zero-order valence-electron chi connectivity index (χ0n) is 11.2. The van der Waals surface area contributed by atoms with Gasteiger partial charge in [-0.2, -0.15) is 0 Å². The van der Waals surface area contributed by atoms with Gasteiger partial charge < -0.3 is 10.0 Å². The second-order valence-electron chi connectivity index (χ2n) is 4.62. The smallest absolute Gasteiger partial charge is 0.317 e. The Morgan fingerprint density at radius 2 is 2.15 bits per heavy atom. The Morgan fingerprint density at radius 3 is 2.85 bits per heavy atom. The molecule has 1 aromatic heterocycles. The third kappa shape index (κ3) is 4.81. The van der Waals surface area contributed by atoms with Gasteiger partial charge in [0.25, 0.3) is 0 Å². The van der Waals surface area contributed by atoms with Crippen molar-refractivity contribution < 1.29 is 14.7 Å². The van der Waals surface area contributed by atoms with Gasteiger partial charge >= 0.3 is 5.97 Å². The number of rotatable bonds is 5. The molecule has 0 atom stereocenters. The van der Waals surface area contributed by atoms with Crippen molar-refractivity contribution in [2.45, 2.75) is 10.6 Å². The highest BCUT2D eigenvalue weighted by atomic mass is 32.2. The van der Waals surface area contributed by atoms with Gasteiger partial charge in [-0.15, -0.1) is 23.1 Å². The van der Waals surface area contributed by atoms with Gasteiger partial charge in [0.05, 0.1) is 16.5 Å². The normalized spacial score (nSPS) is 16.9. The van der Waals surface area contributed by atoms with E-state index in [4.69, 9.17) is 5.11 Å². The molecule has 1 saturated heterocycles. The molecule has 5 nitrogen and oxygen atoms in total. The lowest BCUT2D eigenvalue weighted by atomic mass is 10.4. The van der Waals surface area contributed by atoms with Crippen LogP contribution < -0.4 is 0 Å². The van der Waals surface area contributed by atoms with Gasteiger partial charge in [0.2, 0.25) is 5.91 Å². The summed E-state index contributed by atoms with van der Waals surface area (Å²) >= 11 is 3.21. The number of hydrogen-bond donors (Lipinski definition) is 1. The van der Waals surface area contributed by atoms with Crippen molar-refractivity contribution in [3.63, 3.8) is 0 Å². The van der Waals surface area contributed by atoms with Crippen LogP contribution in [0.3, 0.4) is 0 Å². The Balaban J connectivity index is 1.77. The molecular weight excluding hydrogens is 296 g/mol. The van der Waals surface area contributed by atoms with Crippen molar-refractivity contribution >= 4 is 35.0 Å². The largest absolute Gasteiger partial charge is 0.480 e. The maximum Gasteiger partial charge on any atom is 0.317 e. The fraction of sp³-hybridized carbons (Fsp3) is 0.538. The molecule has 1 aliphatic heterocycles. The molecule has 0 aliphatic carbocycles. The second-order valence-corrected chi connectivity index (χ2v) is 6.85. The molecule has 110 valence electrons. The second kappa shape index (κ2) is 7.66. The van der Waals surface area contributed by atoms with Gasteiger partial charge in [-0.1, -0.05) is 6.07 Å². The monoisotopic (exact) mass is 314 g/mol. The molecule has 20 heavy (non-hydrogen) atoms. The van der Waals surface area contributed by atoms with Crippen LogP contribution in [0.1, 0.15) is 6.42 Å². The summed E-state index contributed by atoms with van der Waals surface area (Å²) in [4.78, 5) is 26.6. The highest BCUT2D eigenvalue weighted by Crippen LogP contribution is 2.23. The summed E-state index contributed by atoms with van der Waals surface area (Å²) in [7, 11) is 0. The summed E-state index contributed by atoms with van der Waals surface area (Å²) in [5, 5.41) is 10.8. The van der Waals surface area contributed by atoms with Gasteiger partial charge in [-0.25, -0.2) is 0 Å². The van der Waals surface area contributed by atoms with E-state index >= 15 is 0 Å².